The molecule has 5 heteroatoms. The number of hydrogen-bond donors (Lipinski definition) is 1. The number of benzene rings is 1. The van der Waals surface area contributed by atoms with E-state index < -0.39 is 0 Å². The lowest BCUT2D eigenvalue weighted by atomic mass is 9.87. The highest BCUT2D eigenvalue weighted by Gasteiger charge is 2.24. The lowest BCUT2D eigenvalue weighted by molar-refractivity contribution is -0.120. The third kappa shape index (κ3) is 4.36. The molecule has 0 atom stereocenters. The van der Waals surface area contributed by atoms with Crippen LogP contribution in [-0.2, 0) is 4.79 Å². The minimum atomic E-state index is -0.252. The molecule has 32 heavy (non-hydrogen) atoms. The van der Waals surface area contributed by atoms with Crippen molar-refractivity contribution in [1.29, 1.82) is 0 Å². The molecule has 4 rings (SSSR count). The summed E-state index contributed by atoms with van der Waals surface area (Å²) in [6.07, 6.45) is 2.74. The van der Waals surface area contributed by atoms with E-state index in [2.05, 4.69) is 46.9 Å². The zero-order valence-corrected chi connectivity index (χ0v) is 19.9. The maximum absolute atomic E-state index is 15.1. The first kappa shape index (κ1) is 22.7. The van der Waals surface area contributed by atoms with Crippen LogP contribution in [0.1, 0.15) is 74.4 Å². The van der Waals surface area contributed by atoms with Gasteiger partial charge in [-0.1, -0.05) is 26.8 Å². The topological polar surface area (TPSA) is 49.0 Å². The number of piperidine rings is 1. The quantitative estimate of drug-likeness (QED) is 0.497. The molecule has 2 aromatic heterocycles. The molecular weight excluding hydrogens is 401 g/mol. The molecule has 4 nitrogen and oxygen atoms in total. The molecule has 170 valence electrons. The van der Waals surface area contributed by atoms with E-state index in [-0.39, 0.29) is 11.7 Å². The fourth-order valence-electron chi connectivity index (χ4n) is 5.08. The number of nitrogens with one attached hydrogen (secondary N) is 1. The first-order valence-corrected chi connectivity index (χ1v) is 11.8. The van der Waals surface area contributed by atoms with Crippen LogP contribution >= 0.6 is 0 Å². The number of aromatic nitrogens is 2. The molecule has 0 saturated carbocycles. The van der Waals surface area contributed by atoms with Crippen LogP contribution in [0.2, 0.25) is 0 Å². The maximum atomic E-state index is 15.1. The first-order valence-electron chi connectivity index (χ1n) is 11.8. The van der Waals surface area contributed by atoms with Crippen LogP contribution in [0.25, 0.3) is 22.2 Å². The number of fused-ring (bicyclic) bond motifs is 1. The van der Waals surface area contributed by atoms with Crippen molar-refractivity contribution in [3.63, 3.8) is 0 Å². The zero-order valence-electron chi connectivity index (χ0n) is 19.9. The molecule has 0 unspecified atom stereocenters. The number of aromatic amines is 1. The molecule has 0 aliphatic carbocycles. The molecule has 3 heterocycles. The van der Waals surface area contributed by atoms with Crippen molar-refractivity contribution < 1.29 is 9.18 Å². The van der Waals surface area contributed by atoms with E-state index in [9.17, 15) is 4.79 Å². The summed E-state index contributed by atoms with van der Waals surface area (Å²) in [6, 6.07) is 8.50. The van der Waals surface area contributed by atoms with Crippen LogP contribution in [0.4, 0.5) is 4.39 Å². The molecule has 1 fully saturated rings. The molecule has 1 aromatic carbocycles. The summed E-state index contributed by atoms with van der Waals surface area (Å²) in [5.74, 6) is 0.815. The zero-order chi connectivity index (χ0) is 23.0. The maximum Gasteiger partial charge on any atom is 0.153 e. The van der Waals surface area contributed by atoms with E-state index in [4.69, 9.17) is 0 Å². The highest BCUT2D eigenvalue weighted by molar-refractivity contribution is 5.92. The van der Waals surface area contributed by atoms with Gasteiger partial charge in [0.05, 0.1) is 17.9 Å². The lowest BCUT2D eigenvalue weighted by Crippen LogP contribution is -2.36. The van der Waals surface area contributed by atoms with Crippen molar-refractivity contribution in [1.82, 2.24) is 14.9 Å². The summed E-state index contributed by atoms with van der Waals surface area (Å²) < 4.78 is 15.1. The third-order valence-electron chi connectivity index (χ3n) is 6.81. The van der Waals surface area contributed by atoms with Gasteiger partial charge < -0.3 is 4.98 Å². The average molecular weight is 436 g/mol. The number of nitrogens with zero attached hydrogens (tertiary/aromatic N) is 2. The van der Waals surface area contributed by atoms with E-state index in [0.29, 0.717) is 35.9 Å². The van der Waals surface area contributed by atoms with Crippen LogP contribution in [0.3, 0.4) is 0 Å². The minimum absolute atomic E-state index is 0.252. The van der Waals surface area contributed by atoms with Crippen molar-refractivity contribution in [3.05, 3.63) is 52.6 Å². The Labute approximate surface area is 190 Å². The highest BCUT2D eigenvalue weighted by Crippen LogP contribution is 2.39. The second-order valence-electron chi connectivity index (χ2n) is 9.53. The Bertz CT molecular complexity index is 1140. The number of halogens is 1. The fraction of sp³-hybridized carbons (Fsp3) is 0.481. The molecule has 1 aliphatic heterocycles. The number of hydrogen-bond acceptors (Lipinski definition) is 3. The third-order valence-corrected chi connectivity index (χ3v) is 6.81. The Balaban J connectivity index is 1.68. The van der Waals surface area contributed by atoms with Gasteiger partial charge in [0.1, 0.15) is 5.78 Å². The number of aryl methyl sites for hydroxylation is 2. The van der Waals surface area contributed by atoms with E-state index in [1.165, 1.54) is 10.9 Å². The summed E-state index contributed by atoms with van der Waals surface area (Å²) in [5.41, 5.74) is 6.27. The van der Waals surface area contributed by atoms with Crippen LogP contribution in [0.15, 0.2) is 24.3 Å². The Morgan fingerprint density at radius 2 is 1.94 bits per heavy atom. The number of pyridine rings is 1. The largest absolute Gasteiger partial charge is 0.354 e. The van der Waals surface area contributed by atoms with Crippen LogP contribution < -0.4 is 0 Å². The van der Waals surface area contributed by atoms with Crippen molar-refractivity contribution in [2.45, 2.75) is 65.7 Å². The molecule has 0 amide bonds. The molecular formula is C27H34FN3O. The van der Waals surface area contributed by atoms with E-state index in [1.807, 2.05) is 19.9 Å². The Hall–Kier alpha value is -2.53. The number of ketones is 1. The second-order valence-corrected chi connectivity index (χ2v) is 9.53. The number of H-pyrrole nitrogens is 1. The Morgan fingerprint density at radius 1 is 1.22 bits per heavy atom. The van der Waals surface area contributed by atoms with E-state index >= 15 is 4.39 Å². The number of Topliss-reactive ketones (excluding diaryl/α,β-unsaturated/α-hetero) is 1. The Morgan fingerprint density at radius 3 is 2.59 bits per heavy atom. The predicted molar refractivity (Wildman–Crippen MR) is 129 cm³/mol. The van der Waals surface area contributed by atoms with Crippen LogP contribution in [-0.4, -0.2) is 40.3 Å². The van der Waals surface area contributed by atoms with Gasteiger partial charge in [-0.05, 0) is 80.9 Å². The summed E-state index contributed by atoms with van der Waals surface area (Å²) in [5, 5.41) is 1.18. The molecule has 1 saturated heterocycles. The fourth-order valence-corrected chi connectivity index (χ4v) is 5.08. The van der Waals surface area contributed by atoms with Gasteiger partial charge in [0, 0.05) is 28.6 Å². The van der Waals surface area contributed by atoms with Crippen LogP contribution in [0.5, 0.6) is 0 Å². The summed E-state index contributed by atoms with van der Waals surface area (Å²) in [4.78, 5) is 21.9. The van der Waals surface area contributed by atoms with Gasteiger partial charge in [-0.15, -0.1) is 0 Å². The number of carbonyl (C=O) groups excluding carboxylic acids is 1. The predicted octanol–water partition coefficient (Wildman–Crippen LogP) is 6.27. The number of carbonyl (C=O) groups is 1. The highest BCUT2D eigenvalue weighted by atomic mass is 19.1. The number of likely N-dealkylation sites (tertiary alicyclic amines) is 1. The normalized spacial score (nSPS) is 15.7. The smallest absolute Gasteiger partial charge is 0.153 e. The molecule has 1 aliphatic rings. The van der Waals surface area contributed by atoms with Gasteiger partial charge >= 0.3 is 0 Å². The average Bonchev–Trinajstić information content (AvgIpc) is 3.15. The summed E-state index contributed by atoms with van der Waals surface area (Å²) >= 11 is 0. The minimum Gasteiger partial charge on any atom is -0.354 e. The summed E-state index contributed by atoms with van der Waals surface area (Å²) in [6.45, 7) is 12.4. The van der Waals surface area contributed by atoms with Gasteiger partial charge in [-0.2, -0.15) is 0 Å². The monoisotopic (exact) mass is 435 g/mol. The van der Waals surface area contributed by atoms with E-state index in [0.717, 1.165) is 48.4 Å². The van der Waals surface area contributed by atoms with Crippen molar-refractivity contribution in [3.8, 4) is 11.3 Å². The van der Waals surface area contributed by atoms with Crippen molar-refractivity contribution in [2.24, 2.45) is 0 Å². The summed E-state index contributed by atoms with van der Waals surface area (Å²) in [7, 11) is 0. The van der Waals surface area contributed by atoms with Crippen molar-refractivity contribution in [2.75, 3.05) is 19.6 Å². The van der Waals surface area contributed by atoms with Gasteiger partial charge in [0.15, 0.2) is 5.82 Å². The van der Waals surface area contributed by atoms with Crippen molar-refractivity contribution >= 4 is 16.7 Å². The molecule has 0 radical (unpaired) electrons. The molecule has 0 bridgehead atoms. The number of rotatable bonds is 6. The SMILES string of the molecule is CCC(=O)CN1CCC(c2ccc3[nH]c(-c4cc(C)nc(C)c4F)c(C(C)C)c3c2)CC1. The van der Waals surface area contributed by atoms with Gasteiger partial charge in [0.2, 0.25) is 0 Å². The van der Waals surface area contributed by atoms with Crippen LogP contribution in [0, 0.1) is 19.7 Å². The Kier molecular flexibility index (Phi) is 6.47. The van der Waals surface area contributed by atoms with Gasteiger partial charge in [-0.25, -0.2) is 4.39 Å². The lowest BCUT2D eigenvalue weighted by Gasteiger charge is -2.31. The van der Waals surface area contributed by atoms with E-state index in [1.54, 1.807) is 6.92 Å². The first-order chi connectivity index (χ1) is 15.3. The van der Waals surface area contributed by atoms with Gasteiger partial charge in [-0.3, -0.25) is 14.7 Å². The molecule has 3 aromatic rings. The standard InChI is InChI=1S/C27H34FN3O/c1-6-21(32)15-31-11-9-19(10-12-31)20-7-8-24-22(14-20)25(16(2)3)27(30-24)23-13-17(4)29-18(5)26(23)28/h7-8,13-14,16,19,30H,6,9-12,15H2,1-5H3. The molecule has 0 spiro atoms. The molecule has 1 N–H and O–H groups in total. The second kappa shape index (κ2) is 9.14. The van der Waals surface area contributed by atoms with Gasteiger partial charge in [0.25, 0.3) is 0 Å².